The third-order valence-electron chi connectivity index (χ3n) is 7.67. The summed E-state index contributed by atoms with van der Waals surface area (Å²) in [5, 5.41) is 6.97. The Kier molecular flexibility index (Phi) is 6.66. The van der Waals surface area contributed by atoms with Crippen molar-refractivity contribution >= 4 is 19.6 Å². The summed E-state index contributed by atoms with van der Waals surface area (Å²) in [5.41, 5.74) is 4.37. The van der Waals surface area contributed by atoms with Crippen LogP contribution in [0.25, 0.3) is 0 Å². The van der Waals surface area contributed by atoms with E-state index in [1.54, 1.807) is 12.1 Å². The largest absolute Gasteiger partial charge is 0.421 e. The summed E-state index contributed by atoms with van der Waals surface area (Å²) < 4.78 is 23.8. The van der Waals surface area contributed by atoms with Crippen molar-refractivity contribution in [1.82, 2.24) is 9.97 Å². The van der Waals surface area contributed by atoms with E-state index in [0.29, 0.717) is 11.8 Å². The zero-order valence-corrected chi connectivity index (χ0v) is 20.6. The molecule has 2 aliphatic heterocycles. The van der Waals surface area contributed by atoms with Crippen molar-refractivity contribution in [1.29, 1.82) is 0 Å². The number of anilines is 2. The first kappa shape index (κ1) is 22.9. The third kappa shape index (κ3) is 4.59. The molecule has 8 heteroatoms. The first-order valence-electron chi connectivity index (χ1n) is 11.8. The summed E-state index contributed by atoms with van der Waals surface area (Å²) in [7, 11) is -2.84. The van der Waals surface area contributed by atoms with Gasteiger partial charge in [-0.1, -0.05) is 27.7 Å². The maximum absolute atomic E-state index is 12.6. The first-order chi connectivity index (χ1) is 15.4. The van der Waals surface area contributed by atoms with Crippen LogP contribution in [-0.4, -0.2) is 23.1 Å². The van der Waals surface area contributed by atoms with E-state index < -0.39 is 8.25 Å². The average molecular weight is 459 g/mol. The van der Waals surface area contributed by atoms with Gasteiger partial charge in [-0.05, 0) is 61.5 Å². The minimum atomic E-state index is -2.84. The molecule has 2 N–H and O–H groups in total. The molecular formula is C24H35N4O3P. The number of nitrogens with one attached hydrogen (secondary N) is 2. The predicted octanol–water partition coefficient (Wildman–Crippen LogP) is 5.87. The highest BCUT2D eigenvalue weighted by Gasteiger charge is 2.33. The van der Waals surface area contributed by atoms with Gasteiger partial charge in [0, 0.05) is 25.2 Å². The van der Waals surface area contributed by atoms with Crippen LogP contribution in [0.3, 0.4) is 0 Å². The predicted molar refractivity (Wildman–Crippen MR) is 129 cm³/mol. The van der Waals surface area contributed by atoms with Gasteiger partial charge >= 0.3 is 8.25 Å². The van der Waals surface area contributed by atoms with Crippen molar-refractivity contribution < 1.29 is 13.6 Å². The van der Waals surface area contributed by atoms with Crippen LogP contribution in [0.15, 0.2) is 24.3 Å². The molecule has 0 radical (unpaired) electrons. The minimum Gasteiger partial charge on any atom is -0.399 e. The zero-order chi connectivity index (χ0) is 22.8. The number of fused-ring (bicyclic) bond motifs is 2. The number of hydrogen-bond acceptors (Lipinski definition) is 7. The van der Waals surface area contributed by atoms with Gasteiger partial charge in [0.05, 0.1) is 22.8 Å². The topological polar surface area (TPSA) is 85.4 Å². The molecule has 2 aliphatic rings. The molecule has 0 unspecified atom stereocenters. The van der Waals surface area contributed by atoms with Crippen molar-refractivity contribution in [3.63, 3.8) is 0 Å². The van der Waals surface area contributed by atoms with E-state index in [2.05, 4.69) is 48.3 Å². The van der Waals surface area contributed by atoms with Crippen molar-refractivity contribution in [2.45, 2.75) is 66.2 Å². The van der Waals surface area contributed by atoms with Crippen LogP contribution in [0, 0.1) is 10.8 Å². The monoisotopic (exact) mass is 458 g/mol. The lowest BCUT2D eigenvalue weighted by molar-refractivity contribution is 0.269. The number of rotatable bonds is 8. The molecule has 32 heavy (non-hydrogen) atoms. The summed E-state index contributed by atoms with van der Waals surface area (Å²) in [6.45, 7) is 10.8. The van der Waals surface area contributed by atoms with Crippen molar-refractivity contribution in [2.75, 3.05) is 23.7 Å². The molecule has 0 amide bonds. The van der Waals surface area contributed by atoms with Crippen LogP contribution in [-0.2, 0) is 17.4 Å². The summed E-state index contributed by atoms with van der Waals surface area (Å²) in [5.74, 6) is 0.654. The molecule has 0 saturated heterocycles. The molecule has 0 atom stereocenters. The number of hydrogen-bond donors (Lipinski definition) is 2. The molecule has 4 heterocycles. The Morgan fingerprint density at radius 2 is 1.19 bits per heavy atom. The van der Waals surface area contributed by atoms with Crippen LogP contribution < -0.4 is 19.7 Å². The number of aromatic nitrogens is 2. The van der Waals surface area contributed by atoms with Gasteiger partial charge < -0.3 is 19.7 Å². The van der Waals surface area contributed by atoms with Crippen LogP contribution in [0.5, 0.6) is 11.8 Å². The van der Waals surface area contributed by atoms with Gasteiger partial charge in [0.25, 0.3) is 0 Å². The Bertz CT molecular complexity index is 912. The highest BCUT2D eigenvalue weighted by molar-refractivity contribution is 7.34. The van der Waals surface area contributed by atoms with E-state index in [1.807, 2.05) is 12.1 Å². The molecule has 4 rings (SSSR count). The Labute approximate surface area is 191 Å². The normalized spacial score (nSPS) is 18.2. The van der Waals surface area contributed by atoms with Crippen molar-refractivity contribution in [3.8, 4) is 11.8 Å². The van der Waals surface area contributed by atoms with Crippen LogP contribution in [0.2, 0.25) is 0 Å². The quantitative estimate of drug-likeness (QED) is 0.478. The molecule has 174 valence electrons. The van der Waals surface area contributed by atoms with Gasteiger partial charge in [-0.25, -0.2) is 14.5 Å². The van der Waals surface area contributed by atoms with Gasteiger partial charge in [-0.15, -0.1) is 0 Å². The van der Waals surface area contributed by atoms with E-state index in [0.717, 1.165) is 74.4 Å². The fourth-order valence-corrected chi connectivity index (χ4v) is 5.37. The van der Waals surface area contributed by atoms with Gasteiger partial charge in [-0.3, -0.25) is 0 Å². The second-order valence-corrected chi connectivity index (χ2v) is 10.1. The summed E-state index contributed by atoms with van der Waals surface area (Å²) >= 11 is 0. The van der Waals surface area contributed by atoms with Gasteiger partial charge in [0.1, 0.15) is 0 Å². The van der Waals surface area contributed by atoms with Crippen molar-refractivity contribution in [3.05, 3.63) is 35.7 Å². The molecule has 2 aromatic rings. The Morgan fingerprint density at radius 1 is 0.781 bits per heavy atom. The SMILES string of the molecule is CCC1(CC)CNc2ccc(O[PH](=O)Oc3ccc4c(n3)CC(CC)(CC)CN4)nc2C1. The molecule has 0 spiro atoms. The first-order valence-corrected chi connectivity index (χ1v) is 13.0. The molecule has 0 saturated carbocycles. The molecule has 0 fully saturated rings. The van der Waals surface area contributed by atoms with E-state index in [4.69, 9.17) is 9.05 Å². The van der Waals surface area contributed by atoms with E-state index >= 15 is 0 Å². The number of pyridine rings is 2. The maximum Gasteiger partial charge on any atom is 0.421 e. The Hall–Kier alpha value is -2.27. The lowest BCUT2D eigenvalue weighted by Gasteiger charge is -2.37. The minimum absolute atomic E-state index is 0.202. The fraction of sp³-hybridized carbons (Fsp3) is 0.583. The lowest BCUT2D eigenvalue weighted by atomic mass is 9.76. The van der Waals surface area contributed by atoms with Gasteiger partial charge in [-0.2, -0.15) is 0 Å². The highest BCUT2D eigenvalue weighted by Crippen LogP contribution is 2.40. The standard InChI is InChI=1S/C24H35N4O3P/c1-5-23(6-2)13-19-17(25-15-23)9-11-21(27-19)30-32(29)31-22-12-10-18-20(28-22)14-24(7-3,8-4)16-26-18/h9-12,25-26,32H,5-8,13-16H2,1-4H3. The molecule has 2 aromatic heterocycles. The van der Waals surface area contributed by atoms with Gasteiger partial charge in [0.15, 0.2) is 0 Å². The van der Waals surface area contributed by atoms with Crippen LogP contribution >= 0.6 is 8.25 Å². The second kappa shape index (κ2) is 9.30. The smallest absolute Gasteiger partial charge is 0.399 e. The Morgan fingerprint density at radius 3 is 1.56 bits per heavy atom. The van der Waals surface area contributed by atoms with E-state index in [1.165, 1.54) is 0 Å². The molecule has 0 aliphatic carbocycles. The fourth-order valence-electron chi connectivity index (χ4n) is 4.76. The average Bonchev–Trinajstić information content (AvgIpc) is 2.83. The molecule has 0 aromatic carbocycles. The number of nitrogens with zero attached hydrogens (tertiary/aromatic N) is 2. The van der Waals surface area contributed by atoms with Crippen LogP contribution in [0.4, 0.5) is 11.4 Å². The van der Waals surface area contributed by atoms with E-state index in [9.17, 15) is 4.57 Å². The molecule has 0 bridgehead atoms. The zero-order valence-electron chi connectivity index (χ0n) is 19.6. The Balaban J connectivity index is 1.44. The second-order valence-electron chi connectivity index (χ2n) is 9.22. The lowest BCUT2D eigenvalue weighted by Crippen LogP contribution is -2.35. The molecule has 7 nitrogen and oxygen atoms in total. The summed E-state index contributed by atoms with van der Waals surface area (Å²) in [4.78, 5) is 9.26. The summed E-state index contributed by atoms with van der Waals surface area (Å²) in [6, 6.07) is 7.37. The summed E-state index contributed by atoms with van der Waals surface area (Å²) in [6.07, 6.45) is 6.10. The maximum atomic E-state index is 12.6. The third-order valence-corrected chi connectivity index (χ3v) is 8.42. The van der Waals surface area contributed by atoms with Crippen molar-refractivity contribution in [2.24, 2.45) is 10.8 Å². The van der Waals surface area contributed by atoms with Gasteiger partial charge in [0.2, 0.25) is 11.8 Å². The highest BCUT2D eigenvalue weighted by atomic mass is 31.1. The van der Waals surface area contributed by atoms with Crippen LogP contribution in [0.1, 0.15) is 64.8 Å². The van der Waals surface area contributed by atoms with E-state index in [-0.39, 0.29) is 10.8 Å². The molecular weight excluding hydrogens is 423 g/mol.